The van der Waals surface area contributed by atoms with E-state index < -0.39 is 0 Å². The molecule has 1 aromatic heterocycles. The monoisotopic (exact) mass is 276 g/mol. The molecule has 0 spiro atoms. The number of aromatic nitrogens is 2. The Balaban J connectivity index is 2.26. The fourth-order valence-electron chi connectivity index (χ4n) is 1.87. The van der Waals surface area contributed by atoms with Crippen molar-refractivity contribution < 1.29 is 4.74 Å². The first-order valence-electron chi connectivity index (χ1n) is 6.02. The lowest BCUT2D eigenvalue weighted by molar-refractivity contribution is 0.371. The van der Waals surface area contributed by atoms with E-state index in [-0.39, 0.29) is 11.5 Å². The van der Waals surface area contributed by atoms with Crippen molar-refractivity contribution in [2.45, 2.75) is 12.5 Å². The van der Waals surface area contributed by atoms with Gasteiger partial charge in [0.25, 0.3) is 5.56 Å². The minimum absolute atomic E-state index is 0.136. The summed E-state index contributed by atoms with van der Waals surface area (Å²) in [5, 5.41) is 4.15. The van der Waals surface area contributed by atoms with Crippen LogP contribution in [0.25, 0.3) is 0 Å². The highest BCUT2D eigenvalue weighted by atomic mass is 32.1. The van der Waals surface area contributed by atoms with Gasteiger partial charge in [-0.15, -0.1) is 5.10 Å². The summed E-state index contributed by atoms with van der Waals surface area (Å²) in [6, 6.07) is 13.0. The SMILES string of the molecule is COc1ccc(=O)n(CC(CS)c2ccccc2)n1. The van der Waals surface area contributed by atoms with E-state index in [0.29, 0.717) is 18.2 Å². The number of benzene rings is 1. The molecule has 2 rings (SSSR count). The Morgan fingerprint density at radius 2 is 2.00 bits per heavy atom. The van der Waals surface area contributed by atoms with Crippen LogP contribution in [-0.2, 0) is 6.54 Å². The zero-order chi connectivity index (χ0) is 13.7. The summed E-state index contributed by atoms with van der Waals surface area (Å²) in [5.41, 5.74) is 1.01. The highest BCUT2D eigenvalue weighted by Crippen LogP contribution is 2.18. The summed E-state index contributed by atoms with van der Waals surface area (Å²) >= 11 is 4.37. The van der Waals surface area contributed by atoms with Gasteiger partial charge in [0, 0.05) is 18.1 Å². The molecule has 0 aliphatic heterocycles. The summed E-state index contributed by atoms with van der Waals surface area (Å²) < 4.78 is 6.46. The molecule has 100 valence electrons. The van der Waals surface area contributed by atoms with E-state index in [1.165, 1.54) is 17.9 Å². The van der Waals surface area contributed by atoms with Crippen molar-refractivity contribution in [2.75, 3.05) is 12.9 Å². The molecule has 19 heavy (non-hydrogen) atoms. The van der Waals surface area contributed by atoms with Gasteiger partial charge in [0.05, 0.1) is 13.7 Å². The van der Waals surface area contributed by atoms with Crippen LogP contribution in [0.15, 0.2) is 47.3 Å². The van der Waals surface area contributed by atoms with Gasteiger partial charge in [-0.3, -0.25) is 4.79 Å². The van der Waals surface area contributed by atoms with Gasteiger partial charge < -0.3 is 4.74 Å². The molecule has 1 unspecified atom stereocenters. The molecular formula is C14H16N2O2S. The smallest absolute Gasteiger partial charge is 0.266 e. The molecule has 2 aromatic rings. The second-order valence-corrected chi connectivity index (χ2v) is 4.55. The van der Waals surface area contributed by atoms with Crippen molar-refractivity contribution in [1.29, 1.82) is 0 Å². The molecule has 0 bridgehead atoms. The summed E-state index contributed by atoms with van der Waals surface area (Å²) in [6.45, 7) is 0.490. The third-order valence-corrected chi connectivity index (χ3v) is 3.38. The summed E-state index contributed by atoms with van der Waals surface area (Å²) in [7, 11) is 1.53. The van der Waals surface area contributed by atoms with E-state index in [2.05, 4.69) is 17.7 Å². The fourth-order valence-corrected chi connectivity index (χ4v) is 2.20. The van der Waals surface area contributed by atoms with Gasteiger partial charge in [0.1, 0.15) is 0 Å². The first kappa shape index (κ1) is 13.7. The van der Waals surface area contributed by atoms with Crippen LogP contribution in [0.1, 0.15) is 11.5 Å². The molecular weight excluding hydrogens is 260 g/mol. The molecule has 1 atom stereocenters. The van der Waals surface area contributed by atoms with Gasteiger partial charge >= 0.3 is 0 Å². The van der Waals surface area contributed by atoms with Crippen LogP contribution < -0.4 is 10.3 Å². The van der Waals surface area contributed by atoms with E-state index in [1.54, 1.807) is 6.07 Å². The molecule has 0 fully saturated rings. The highest BCUT2D eigenvalue weighted by Gasteiger charge is 2.12. The molecule has 0 aliphatic rings. The van der Waals surface area contributed by atoms with Gasteiger partial charge in [0.15, 0.2) is 0 Å². The van der Waals surface area contributed by atoms with Crippen LogP contribution in [0.4, 0.5) is 0 Å². The number of thiol groups is 1. The van der Waals surface area contributed by atoms with Crippen molar-refractivity contribution in [1.82, 2.24) is 9.78 Å². The van der Waals surface area contributed by atoms with Gasteiger partial charge in [0.2, 0.25) is 5.88 Å². The summed E-state index contributed by atoms with van der Waals surface area (Å²) in [6.07, 6.45) is 0. The van der Waals surface area contributed by atoms with E-state index in [9.17, 15) is 4.79 Å². The quantitative estimate of drug-likeness (QED) is 0.849. The summed E-state index contributed by atoms with van der Waals surface area (Å²) in [5.74, 6) is 1.22. The molecule has 4 nitrogen and oxygen atoms in total. The number of hydrogen-bond acceptors (Lipinski definition) is 4. The van der Waals surface area contributed by atoms with Gasteiger partial charge in [-0.2, -0.15) is 12.6 Å². The van der Waals surface area contributed by atoms with Crippen molar-refractivity contribution in [2.24, 2.45) is 0 Å². The van der Waals surface area contributed by atoms with Crippen LogP contribution in [0.3, 0.4) is 0 Å². The Bertz CT molecular complexity index is 583. The van der Waals surface area contributed by atoms with E-state index in [1.807, 2.05) is 30.3 Å². The van der Waals surface area contributed by atoms with Crippen LogP contribution in [-0.4, -0.2) is 22.6 Å². The molecule has 5 heteroatoms. The highest BCUT2D eigenvalue weighted by molar-refractivity contribution is 7.80. The third-order valence-electron chi connectivity index (χ3n) is 2.94. The number of ether oxygens (including phenoxy) is 1. The van der Waals surface area contributed by atoms with E-state index in [0.717, 1.165) is 5.56 Å². The first-order valence-corrected chi connectivity index (χ1v) is 6.66. The van der Waals surface area contributed by atoms with Crippen LogP contribution in [0.2, 0.25) is 0 Å². The normalized spacial score (nSPS) is 12.1. The van der Waals surface area contributed by atoms with Crippen molar-refractivity contribution in [3.05, 3.63) is 58.4 Å². The lowest BCUT2D eigenvalue weighted by atomic mass is 10.0. The second-order valence-electron chi connectivity index (χ2n) is 4.19. The minimum atomic E-state index is -0.136. The van der Waals surface area contributed by atoms with Gasteiger partial charge in [-0.05, 0) is 11.3 Å². The maximum absolute atomic E-state index is 11.8. The first-order chi connectivity index (χ1) is 9.24. The molecule has 0 N–H and O–H groups in total. The fraction of sp³-hybridized carbons (Fsp3) is 0.286. The number of rotatable bonds is 5. The Labute approximate surface area is 117 Å². The average Bonchev–Trinajstić information content (AvgIpc) is 2.47. The molecule has 0 aliphatic carbocycles. The van der Waals surface area contributed by atoms with Crippen LogP contribution in [0, 0.1) is 0 Å². The molecule has 0 radical (unpaired) electrons. The van der Waals surface area contributed by atoms with Gasteiger partial charge in [-0.1, -0.05) is 30.3 Å². The van der Waals surface area contributed by atoms with Crippen LogP contribution >= 0.6 is 12.6 Å². The zero-order valence-corrected chi connectivity index (χ0v) is 11.6. The van der Waals surface area contributed by atoms with Crippen LogP contribution in [0.5, 0.6) is 5.88 Å². The molecule has 0 saturated heterocycles. The number of hydrogen-bond donors (Lipinski definition) is 1. The van der Waals surface area contributed by atoms with Crippen molar-refractivity contribution in [3.63, 3.8) is 0 Å². The number of methoxy groups -OCH3 is 1. The largest absolute Gasteiger partial charge is 0.480 e. The molecule has 1 heterocycles. The Morgan fingerprint density at radius 3 is 2.63 bits per heavy atom. The maximum Gasteiger partial charge on any atom is 0.266 e. The topological polar surface area (TPSA) is 44.1 Å². The third kappa shape index (κ3) is 3.38. The predicted octanol–water partition coefficient (Wildman–Crippen LogP) is 1.97. The maximum atomic E-state index is 11.8. The standard InChI is InChI=1S/C14H16N2O2S/c1-18-13-7-8-14(17)16(15-13)9-12(10-19)11-5-3-2-4-6-11/h2-8,12,19H,9-10H2,1H3. The zero-order valence-electron chi connectivity index (χ0n) is 10.7. The van der Waals surface area contributed by atoms with Crippen molar-refractivity contribution >= 4 is 12.6 Å². The van der Waals surface area contributed by atoms with Crippen molar-refractivity contribution in [3.8, 4) is 5.88 Å². The number of nitrogens with zero attached hydrogens (tertiary/aromatic N) is 2. The van der Waals surface area contributed by atoms with E-state index >= 15 is 0 Å². The second kappa shape index (κ2) is 6.43. The predicted molar refractivity (Wildman–Crippen MR) is 78.1 cm³/mol. The Morgan fingerprint density at radius 1 is 1.26 bits per heavy atom. The lowest BCUT2D eigenvalue weighted by Crippen LogP contribution is -2.25. The molecule has 1 aromatic carbocycles. The molecule has 0 saturated carbocycles. The Kier molecular flexibility index (Phi) is 4.63. The average molecular weight is 276 g/mol. The Hall–Kier alpha value is -1.75. The van der Waals surface area contributed by atoms with E-state index in [4.69, 9.17) is 4.74 Å². The summed E-state index contributed by atoms with van der Waals surface area (Å²) in [4.78, 5) is 11.8. The minimum Gasteiger partial charge on any atom is -0.480 e. The lowest BCUT2D eigenvalue weighted by Gasteiger charge is -2.15. The van der Waals surface area contributed by atoms with Gasteiger partial charge in [-0.25, -0.2) is 4.68 Å². The molecule has 0 amide bonds.